The average molecular weight is 493 g/mol. The molecule has 3 aromatic heterocycles. The van der Waals surface area contributed by atoms with Gasteiger partial charge in [-0.1, -0.05) is 11.6 Å². The van der Waals surface area contributed by atoms with Crippen LogP contribution in [0.15, 0.2) is 51.8 Å². The third kappa shape index (κ3) is 3.80. The van der Waals surface area contributed by atoms with Crippen LogP contribution in [0.5, 0.6) is 0 Å². The molecule has 184 valence electrons. The van der Waals surface area contributed by atoms with Gasteiger partial charge in [0.25, 0.3) is 5.91 Å². The van der Waals surface area contributed by atoms with E-state index in [4.69, 9.17) is 4.42 Å². The maximum absolute atomic E-state index is 15.6. The Morgan fingerprint density at radius 1 is 1.08 bits per heavy atom. The minimum atomic E-state index is -1.44. The van der Waals surface area contributed by atoms with Gasteiger partial charge in [0.15, 0.2) is 11.6 Å². The lowest BCUT2D eigenvalue weighted by Gasteiger charge is -2.21. The van der Waals surface area contributed by atoms with Crippen molar-refractivity contribution >= 4 is 38.8 Å². The summed E-state index contributed by atoms with van der Waals surface area (Å²) in [6, 6.07) is 9.32. The van der Waals surface area contributed by atoms with Gasteiger partial charge in [-0.05, 0) is 58.0 Å². The molecule has 36 heavy (non-hydrogen) atoms. The Morgan fingerprint density at radius 2 is 1.83 bits per heavy atom. The molecule has 0 aliphatic heterocycles. The first-order valence-corrected chi connectivity index (χ1v) is 11.3. The summed E-state index contributed by atoms with van der Waals surface area (Å²) in [4.78, 5) is 29.8. The summed E-state index contributed by atoms with van der Waals surface area (Å²) in [6.07, 6.45) is 1.49. The van der Waals surface area contributed by atoms with E-state index in [1.54, 1.807) is 45.0 Å². The molecule has 0 aliphatic rings. The lowest BCUT2D eigenvalue weighted by atomic mass is 10.0. The van der Waals surface area contributed by atoms with Crippen LogP contribution in [0.2, 0.25) is 0 Å². The van der Waals surface area contributed by atoms with Crippen LogP contribution in [-0.2, 0) is 6.54 Å². The van der Waals surface area contributed by atoms with Gasteiger partial charge >= 0.3 is 5.63 Å². The first-order chi connectivity index (χ1) is 17.0. The average Bonchev–Trinajstić information content (AvgIpc) is 3.12. The Bertz CT molecular complexity index is 1760. The second-order valence-electron chi connectivity index (χ2n) is 9.79. The van der Waals surface area contributed by atoms with Gasteiger partial charge in [-0.15, -0.1) is 0 Å². The summed E-state index contributed by atoms with van der Waals surface area (Å²) in [6.45, 7) is 6.37. The SMILES string of the molecule is Cc1ccc2c(c1)c1c3cccnc3oc(=O)c1n2Cc1c(F)c(F)cc(C(=O)NC(C)(C)C)c1F. The smallest absolute Gasteiger partial charge is 0.362 e. The number of benzene rings is 2. The van der Waals surface area contributed by atoms with Crippen LogP contribution >= 0.6 is 0 Å². The summed E-state index contributed by atoms with van der Waals surface area (Å²) >= 11 is 0. The molecular weight excluding hydrogens is 471 g/mol. The lowest BCUT2D eigenvalue weighted by Crippen LogP contribution is -2.41. The molecule has 2 aromatic carbocycles. The van der Waals surface area contributed by atoms with E-state index in [9.17, 15) is 18.4 Å². The second-order valence-corrected chi connectivity index (χ2v) is 9.79. The monoisotopic (exact) mass is 493 g/mol. The zero-order chi connectivity index (χ0) is 25.9. The van der Waals surface area contributed by atoms with Crippen LogP contribution in [0, 0.1) is 24.4 Å². The zero-order valence-corrected chi connectivity index (χ0v) is 20.0. The number of aryl methyl sites for hydroxylation is 1. The molecule has 0 aliphatic carbocycles. The molecule has 0 radical (unpaired) electrons. The predicted molar refractivity (Wildman–Crippen MR) is 131 cm³/mol. The molecule has 9 heteroatoms. The zero-order valence-electron chi connectivity index (χ0n) is 20.0. The number of fused-ring (bicyclic) bond motifs is 5. The minimum absolute atomic E-state index is 0.0554. The van der Waals surface area contributed by atoms with Gasteiger partial charge in [0.1, 0.15) is 11.3 Å². The summed E-state index contributed by atoms with van der Waals surface area (Å²) in [7, 11) is 0. The maximum atomic E-state index is 15.6. The number of rotatable bonds is 3. The van der Waals surface area contributed by atoms with Crippen LogP contribution in [0.4, 0.5) is 13.2 Å². The van der Waals surface area contributed by atoms with Gasteiger partial charge in [0.05, 0.1) is 12.1 Å². The van der Waals surface area contributed by atoms with Gasteiger partial charge < -0.3 is 14.3 Å². The minimum Gasteiger partial charge on any atom is -0.402 e. The lowest BCUT2D eigenvalue weighted by molar-refractivity contribution is 0.0914. The first-order valence-electron chi connectivity index (χ1n) is 11.3. The van der Waals surface area contributed by atoms with E-state index in [0.717, 1.165) is 5.56 Å². The number of amides is 1. The van der Waals surface area contributed by atoms with E-state index in [1.807, 2.05) is 13.0 Å². The Morgan fingerprint density at radius 3 is 2.56 bits per heavy atom. The number of nitrogens with one attached hydrogen (secondary N) is 1. The van der Waals surface area contributed by atoms with E-state index >= 15 is 4.39 Å². The molecule has 3 heterocycles. The van der Waals surface area contributed by atoms with Gasteiger partial charge in [-0.2, -0.15) is 0 Å². The van der Waals surface area contributed by atoms with Crippen molar-refractivity contribution in [2.45, 2.75) is 39.8 Å². The molecule has 0 spiro atoms. The highest BCUT2D eigenvalue weighted by molar-refractivity contribution is 6.18. The van der Waals surface area contributed by atoms with Gasteiger partial charge in [0.2, 0.25) is 5.71 Å². The number of carbonyl (C=O) groups is 1. The predicted octanol–water partition coefficient (Wildman–Crippen LogP) is 5.60. The molecule has 0 atom stereocenters. The van der Waals surface area contributed by atoms with E-state index in [0.29, 0.717) is 27.7 Å². The molecule has 0 fully saturated rings. The molecule has 1 N–H and O–H groups in total. The van der Waals surface area contributed by atoms with Gasteiger partial charge in [-0.3, -0.25) is 4.79 Å². The van der Waals surface area contributed by atoms with Crippen molar-refractivity contribution in [1.29, 1.82) is 0 Å². The molecule has 0 bridgehead atoms. The fourth-order valence-corrected chi connectivity index (χ4v) is 4.44. The highest BCUT2D eigenvalue weighted by atomic mass is 19.2. The van der Waals surface area contributed by atoms with Crippen molar-refractivity contribution in [2.24, 2.45) is 0 Å². The molecule has 0 saturated carbocycles. The number of carbonyl (C=O) groups excluding carboxylic acids is 1. The first kappa shape index (κ1) is 23.6. The van der Waals surface area contributed by atoms with E-state index < -0.39 is 52.2 Å². The van der Waals surface area contributed by atoms with Crippen LogP contribution in [0.25, 0.3) is 32.9 Å². The summed E-state index contributed by atoms with van der Waals surface area (Å²) in [5.41, 5.74) is -1.23. The summed E-state index contributed by atoms with van der Waals surface area (Å²) < 4.78 is 51.9. The molecule has 0 unspecified atom stereocenters. The number of halogens is 3. The van der Waals surface area contributed by atoms with Crippen LogP contribution in [-0.4, -0.2) is 21.0 Å². The number of nitrogens with zero attached hydrogens (tertiary/aromatic N) is 2. The highest BCUT2D eigenvalue weighted by Crippen LogP contribution is 2.34. The van der Waals surface area contributed by atoms with Gasteiger partial charge in [-0.25, -0.2) is 22.9 Å². The Balaban J connectivity index is 1.80. The van der Waals surface area contributed by atoms with Crippen LogP contribution in [0.3, 0.4) is 0 Å². The van der Waals surface area contributed by atoms with Crippen molar-refractivity contribution in [3.63, 3.8) is 0 Å². The fraction of sp³-hybridized carbons (Fsp3) is 0.222. The third-order valence-corrected chi connectivity index (χ3v) is 5.94. The Labute approximate surface area is 203 Å². The number of aromatic nitrogens is 2. The normalized spacial score (nSPS) is 12.1. The van der Waals surface area contributed by atoms with Crippen LogP contribution in [0.1, 0.15) is 42.3 Å². The van der Waals surface area contributed by atoms with E-state index in [-0.39, 0.29) is 11.2 Å². The Kier molecular flexibility index (Phi) is 5.39. The van der Waals surface area contributed by atoms with E-state index in [2.05, 4.69) is 10.3 Å². The second kappa shape index (κ2) is 8.22. The van der Waals surface area contributed by atoms with Gasteiger partial charge in [0, 0.05) is 39.0 Å². The number of pyridine rings is 1. The molecule has 5 rings (SSSR count). The van der Waals surface area contributed by atoms with Crippen molar-refractivity contribution in [3.8, 4) is 0 Å². The van der Waals surface area contributed by atoms with Crippen molar-refractivity contribution in [1.82, 2.24) is 14.9 Å². The molecule has 1 amide bonds. The summed E-state index contributed by atoms with van der Waals surface area (Å²) in [5, 5.41) is 4.27. The molecule has 0 saturated heterocycles. The van der Waals surface area contributed by atoms with Crippen molar-refractivity contribution < 1.29 is 22.4 Å². The van der Waals surface area contributed by atoms with Crippen molar-refractivity contribution in [2.75, 3.05) is 0 Å². The standard InChI is InChI=1S/C27H22F3N3O3/c1-13-7-8-19-15(10-13)20-14-6-5-9-31-25(14)36-26(35)23(20)33(19)12-17-21(29)16(11-18(28)22(17)30)24(34)32-27(2,3)4/h5-11H,12H2,1-4H3,(H,32,34). The molecular formula is C27H22F3N3O3. The number of hydrogen-bond donors (Lipinski definition) is 1. The number of hydrogen-bond acceptors (Lipinski definition) is 4. The van der Waals surface area contributed by atoms with Crippen LogP contribution < -0.4 is 10.9 Å². The van der Waals surface area contributed by atoms with E-state index in [1.165, 1.54) is 10.8 Å². The molecule has 6 nitrogen and oxygen atoms in total. The largest absolute Gasteiger partial charge is 0.402 e. The quantitative estimate of drug-likeness (QED) is 0.332. The summed E-state index contributed by atoms with van der Waals surface area (Å²) in [5.74, 6) is -4.89. The fourth-order valence-electron chi connectivity index (χ4n) is 4.44. The molecule has 5 aromatic rings. The Hall–Kier alpha value is -4.14. The highest BCUT2D eigenvalue weighted by Gasteiger charge is 2.27. The topological polar surface area (TPSA) is 77.1 Å². The third-order valence-electron chi connectivity index (χ3n) is 5.94. The maximum Gasteiger partial charge on any atom is 0.362 e. The van der Waals surface area contributed by atoms with Crippen molar-refractivity contribution in [3.05, 3.63) is 87.2 Å².